The van der Waals surface area contributed by atoms with Crippen LogP contribution in [0.3, 0.4) is 0 Å². The van der Waals surface area contributed by atoms with Crippen molar-refractivity contribution in [3.05, 3.63) is 0 Å². The van der Waals surface area contributed by atoms with Crippen molar-refractivity contribution in [1.29, 1.82) is 0 Å². The molecule has 0 amide bonds. The minimum Gasteiger partial charge on any atom is -0.391 e. The Morgan fingerprint density at radius 2 is 1.67 bits per heavy atom. The molecule has 0 fully saturated rings. The summed E-state index contributed by atoms with van der Waals surface area (Å²) in [6.45, 7) is 8.06. The lowest BCUT2D eigenvalue weighted by Gasteiger charge is -2.33. The Morgan fingerprint density at radius 3 is 2.08 bits per heavy atom. The van der Waals surface area contributed by atoms with Gasteiger partial charge in [-0.1, -0.05) is 20.3 Å². The van der Waals surface area contributed by atoms with Crippen molar-refractivity contribution in [1.82, 2.24) is 0 Å². The number of quaternary nitrogens is 1. The Kier molecular flexibility index (Phi) is 6.39. The summed E-state index contributed by atoms with van der Waals surface area (Å²) in [5.74, 6) is 0. The minimum atomic E-state index is 0.320. The summed E-state index contributed by atoms with van der Waals surface area (Å²) in [4.78, 5) is 0. The number of rotatable bonds is 7. The molecule has 0 aliphatic heterocycles. The number of aliphatic hydroxyl groups is 1. The van der Waals surface area contributed by atoms with E-state index >= 15 is 0 Å². The van der Waals surface area contributed by atoms with Gasteiger partial charge in [0.1, 0.15) is 6.54 Å². The van der Waals surface area contributed by atoms with Crippen molar-refractivity contribution in [2.75, 3.05) is 33.3 Å². The van der Waals surface area contributed by atoms with Gasteiger partial charge >= 0.3 is 0 Å². The van der Waals surface area contributed by atoms with Crippen LogP contribution in [0, 0.1) is 0 Å². The molecule has 0 aromatic carbocycles. The molecule has 0 heterocycles. The molecule has 0 radical (unpaired) electrons. The topological polar surface area (TPSA) is 20.2 Å². The van der Waals surface area contributed by atoms with Crippen molar-refractivity contribution < 1.29 is 9.59 Å². The maximum absolute atomic E-state index is 8.91. The summed E-state index contributed by atoms with van der Waals surface area (Å²) in [5.41, 5.74) is 0. The number of aliphatic hydroxyl groups excluding tert-OH is 1. The molecule has 1 N–H and O–H groups in total. The molecule has 0 bridgehead atoms. The number of hydrogen-bond acceptors (Lipinski definition) is 1. The molecule has 74 valence electrons. The zero-order valence-corrected chi connectivity index (χ0v) is 8.84. The van der Waals surface area contributed by atoms with Crippen LogP contribution >= 0.6 is 0 Å². The molecule has 0 unspecified atom stereocenters. The van der Waals surface area contributed by atoms with Gasteiger partial charge < -0.3 is 9.59 Å². The molecule has 0 aromatic heterocycles. The van der Waals surface area contributed by atoms with Gasteiger partial charge in [0, 0.05) is 0 Å². The summed E-state index contributed by atoms with van der Waals surface area (Å²) in [6, 6.07) is 0. The van der Waals surface area contributed by atoms with Crippen molar-refractivity contribution in [2.45, 2.75) is 33.1 Å². The standard InChI is InChI=1S/C10H24NO/c1-4-6-8-11(3,7-5-2)9-10-12/h12H,4-10H2,1-3H3/q+1/t11-/m0/s1. The van der Waals surface area contributed by atoms with E-state index in [1.165, 1.54) is 32.4 Å². The Balaban J connectivity index is 3.80. The Bertz CT molecular complexity index is 98.0. The molecule has 2 heteroatoms. The van der Waals surface area contributed by atoms with Crippen molar-refractivity contribution in [2.24, 2.45) is 0 Å². The third-order valence-corrected chi connectivity index (χ3v) is 2.45. The highest BCUT2D eigenvalue weighted by Crippen LogP contribution is 2.06. The predicted octanol–water partition coefficient (Wildman–Crippen LogP) is 1.64. The Labute approximate surface area is 76.8 Å². The van der Waals surface area contributed by atoms with Gasteiger partial charge in [-0.15, -0.1) is 0 Å². The van der Waals surface area contributed by atoms with Gasteiger partial charge in [-0.25, -0.2) is 0 Å². The number of nitrogens with zero attached hydrogens (tertiary/aromatic N) is 1. The molecule has 0 saturated carbocycles. The molecule has 12 heavy (non-hydrogen) atoms. The van der Waals surface area contributed by atoms with Crippen LogP contribution in [0.2, 0.25) is 0 Å². The first-order chi connectivity index (χ1) is 5.68. The van der Waals surface area contributed by atoms with Crippen molar-refractivity contribution in [3.8, 4) is 0 Å². The molecule has 0 rings (SSSR count). The van der Waals surface area contributed by atoms with E-state index in [9.17, 15) is 0 Å². The molecular weight excluding hydrogens is 150 g/mol. The first-order valence-electron chi connectivity index (χ1n) is 5.13. The fourth-order valence-corrected chi connectivity index (χ4v) is 1.66. The predicted molar refractivity (Wildman–Crippen MR) is 53.1 cm³/mol. The van der Waals surface area contributed by atoms with Gasteiger partial charge in [-0.3, -0.25) is 0 Å². The van der Waals surface area contributed by atoms with Gasteiger partial charge in [-0.05, 0) is 12.8 Å². The smallest absolute Gasteiger partial charge is 0.102 e. The highest BCUT2D eigenvalue weighted by molar-refractivity contribution is 4.40. The average Bonchev–Trinajstić information content (AvgIpc) is 2.02. The van der Waals surface area contributed by atoms with Crippen molar-refractivity contribution >= 4 is 0 Å². The van der Waals surface area contributed by atoms with E-state index in [-0.39, 0.29) is 0 Å². The van der Waals surface area contributed by atoms with E-state index in [1.807, 2.05) is 0 Å². The van der Waals surface area contributed by atoms with Gasteiger partial charge in [0.05, 0.1) is 26.7 Å². The quantitative estimate of drug-likeness (QED) is 0.582. The van der Waals surface area contributed by atoms with Crippen LogP contribution in [0.5, 0.6) is 0 Å². The number of unbranched alkanes of at least 4 members (excludes halogenated alkanes) is 1. The van der Waals surface area contributed by atoms with Gasteiger partial charge in [0.15, 0.2) is 0 Å². The second-order valence-electron chi connectivity index (χ2n) is 3.87. The summed E-state index contributed by atoms with van der Waals surface area (Å²) < 4.78 is 1.04. The second kappa shape index (κ2) is 6.44. The van der Waals surface area contributed by atoms with Crippen LogP contribution in [-0.2, 0) is 0 Å². The lowest BCUT2D eigenvalue weighted by atomic mass is 10.2. The first-order valence-corrected chi connectivity index (χ1v) is 5.13. The van der Waals surface area contributed by atoms with Gasteiger partial charge in [-0.2, -0.15) is 0 Å². The summed E-state index contributed by atoms with van der Waals surface area (Å²) >= 11 is 0. The maximum Gasteiger partial charge on any atom is 0.102 e. The van der Waals surface area contributed by atoms with E-state index in [4.69, 9.17) is 5.11 Å². The molecule has 1 atom stereocenters. The van der Waals surface area contributed by atoms with Gasteiger partial charge in [0.25, 0.3) is 0 Å². The lowest BCUT2D eigenvalue weighted by molar-refractivity contribution is -0.910. The van der Waals surface area contributed by atoms with Crippen molar-refractivity contribution in [3.63, 3.8) is 0 Å². The monoisotopic (exact) mass is 174 g/mol. The fraction of sp³-hybridized carbons (Fsp3) is 1.00. The minimum absolute atomic E-state index is 0.320. The second-order valence-corrected chi connectivity index (χ2v) is 3.87. The molecular formula is C10H24NO+. The van der Waals surface area contributed by atoms with E-state index < -0.39 is 0 Å². The third-order valence-electron chi connectivity index (χ3n) is 2.45. The summed E-state index contributed by atoms with van der Waals surface area (Å²) in [6.07, 6.45) is 3.74. The lowest BCUT2D eigenvalue weighted by Crippen LogP contribution is -2.47. The third kappa shape index (κ3) is 4.73. The highest BCUT2D eigenvalue weighted by Gasteiger charge is 2.18. The molecule has 0 saturated heterocycles. The zero-order chi connectivity index (χ0) is 9.45. The average molecular weight is 174 g/mol. The number of likely N-dealkylation sites (N-methyl/N-ethyl adjacent to an activating group) is 1. The van der Waals surface area contributed by atoms with Crippen LogP contribution in [0.1, 0.15) is 33.1 Å². The molecule has 0 aromatic rings. The highest BCUT2D eigenvalue weighted by atomic mass is 16.3. The Hall–Kier alpha value is -0.0800. The zero-order valence-electron chi connectivity index (χ0n) is 8.84. The first kappa shape index (κ1) is 11.9. The van der Waals surface area contributed by atoms with Crippen LogP contribution in [-0.4, -0.2) is 42.9 Å². The SMILES string of the molecule is CCCC[N@+](C)(CCC)CCO. The van der Waals surface area contributed by atoms with Crippen LogP contribution in [0.15, 0.2) is 0 Å². The van der Waals surface area contributed by atoms with Gasteiger partial charge in [0.2, 0.25) is 0 Å². The van der Waals surface area contributed by atoms with Crippen LogP contribution < -0.4 is 0 Å². The van der Waals surface area contributed by atoms with Crippen LogP contribution in [0.25, 0.3) is 0 Å². The van der Waals surface area contributed by atoms with E-state index in [0.29, 0.717) is 6.61 Å². The van der Waals surface area contributed by atoms with E-state index in [1.54, 1.807) is 0 Å². The fourth-order valence-electron chi connectivity index (χ4n) is 1.66. The van der Waals surface area contributed by atoms with E-state index in [2.05, 4.69) is 20.9 Å². The molecule has 2 nitrogen and oxygen atoms in total. The number of hydrogen-bond donors (Lipinski definition) is 1. The van der Waals surface area contributed by atoms with Crippen LogP contribution in [0.4, 0.5) is 0 Å². The largest absolute Gasteiger partial charge is 0.391 e. The Morgan fingerprint density at radius 1 is 1.00 bits per heavy atom. The summed E-state index contributed by atoms with van der Waals surface area (Å²) in [7, 11) is 2.25. The molecule has 0 aliphatic rings. The maximum atomic E-state index is 8.91. The van der Waals surface area contributed by atoms with E-state index in [0.717, 1.165) is 11.0 Å². The normalized spacial score (nSPS) is 16.0. The molecule has 0 spiro atoms. The molecule has 0 aliphatic carbocycles. The summed E-state index contributed by atoms with van der Waals surface area (Å²) in [5, 5.41) is 8.91.